The molecule has 1 aliphatic heterocycles. The van der Waals surface area contributed by atoms with E-state index >= 15 is 0 Å². The van der Waals surface area contributed by atoms with Gasteiger partial charge in [0, 0.05) is 34.6 Å². The van der Waals surface area contributed by atoms with Crippen LogP contribution < -0.4 is 54.4 Å². The zero-order valence-corrected chi connectivity index (χ0v) is 43.4. The molecule has 8 amide bonds. The number of carbonyl (C=O) groups is 8. The van der Waals surface area contributed by atoms with E-state index in [1.807, 2.05) is 36.4 Å². The number of aromatic nitrogens is 1. The summed E-state index contributed by atoms with van der Waals surface area (Å²) < 4.78 is -1.40. The number of amides is 8. The number of benzene rings is 3. The standard InChI is InChI=1S/C51H69N11O10S2/c1-28(63)40(43(54)65)60-50(72)42-51(3,4)74-73-27-39(59-44(66)34(53)23-30-15-7-5-8-16-30)48(70)57-37(24-31-17-9-6-10-18-31)46(68)58-38(26-33-25-32-19-11-12-20-35(32)55-33)47(69)56-36(21-13-14-22-52)45(67)61-41(29(2)64)49(71)62-42/h5-12,15-20,25,28-29,34,36-42,55,63-64H,13-14,21-24,26-27,52-53H2,1-4H3,(H2,54,65)(H,56,69)(H,57,70)(H,58,68)(H,59,66)(H,60,72)(H,61,67)(H,62,71). The van der Waals surface area contributed by atoms with Gasteiger partial charge in [-0.05, 0) is 88.6 Å². The van der Waals surface area contributed by atoms with Gasteiger partial charge in [-0.25, -0.2) is 0 Å². The fraction of sp³-hybridized carbons (Fsp3) is 0.451. The van der Waals surface area contributed by atoms with Crippen molar-refractivity contribution < 1.29 is 48.6 Å². The van der Waals surface area contributed by atoms with E-state index in [2.05, 4.69) is 42.2 Å². The number of nitrogens with two attached hydrogens (primary N) is 3. The summed E-state index contributed by atoms with van der Waals surface area (Å²) in [5.41, 5.74) is 20.4. The first-order valence-corrected chi connectivity index (χ1v) is 26.7. The van der Waals surface area contributed by atoms with E-state index < -0.39 is 113 Å². The van der Waals surface area contributed by atoms with Gasteiger partial charge in [0.05, 0.1) is 18.2 Å². The van der Waals surface area contributed by atoms with Gasteiger partial charge >= 0.3 is 0 Å². The smallest absolute Gasteiger partial charge is 0.245 e. The number of carbonyl (C=O) groups excluding carboxylic acids is 8. The highest BCUT2D eigenvalue weighted by Crippen LogP contribution is 2.39. The molecule has 10 unspecified atom stereocenters. The molecule has 0 bridgehead atoms. The molecular weight excluding hydrogens is 991 g/mol. The minimum Gasteiger partial charge on any atom is -0.391 e. The molecule has 3 aromatic carbocycles. The first kappa shape index (κ1) is 58.4. The fourth-order valence-electron chi connectivity index (χ4n) is 8.15. The number of primary amides is 1. The van der Waals surface area contributed by atoms with Gasteiger partial charge < -0.3 is 69.6 Å². The van der Waals surface area contributed by atoms with Gasteiger partial charge in [0.1, 0.15) is 42.3 Å². The Hall–Kier alpha value is -6.50. The number of aliphatic hydroxyl groups is 2. The fourth-order valence-corrected chi connectivity index (χ4v) is 11.0. The Labute approximate surface area is 437 Å². The molecule has 1 saturated heterocycles. The molecule has 400 valence electrons. The SMILES string of the molecule is CC(O)C(NC(=O)C1NC(=O)C(C(C)O)NC(=O)C(CCCCN)NC(=O)C(Cc2cc3ccccc3[nH]2)NC(=O)C(Cc2ccccc2)NC(=O)C(NC(=O)C(N)Cc2ccccc2)CSSC1(C)C)C(N)=O. The van der Waals surface area contributed by atoms with Crippen molar-refractivity contribution in [3.8, 4) is 0 Å². The Morgan fingerprint density at radius 3 is 1.93 bits per heavy atom. The number of unbranched alkanes of at least 4 members (excludes halogenated alkanes) is 1. The molecule has 1 fully saturated rings. The number of aliphatic hydroxyl groups excluding tert-OH is 2. The molecule has 1 aromatic heterocycles. The molecular formula is C51H69N11O10S2. The van der Waals surface area contributed by atoms with Crippen molar-refractivity contribution >= 4 is 79.7 Å². The quantitative estimate of drug-likeness (QED) is 0.0467. The van der Waals surface area contributed by atoms with Crippen LogP contribution in [-0.4, -0.2) is 140 Å². The number of H-pyrrole nitrogens is 1. The van der Waals surface area contributed by atoms with E-state index in [4.69, 9.17) is 17.2 Å². The van der Waals surface area contributed by atoms with Gasteiger partial charge in [-0.1, -0.05) is 100 Å². The topological polar surface area (TPSA) is 355 Å². The molecule has 0 radical (unpaired) electrons. The van der Waals surface area contributed by atoms with Crippen LogP contribution in [0.3, 0.4) is 0 Å². The molecule has 74 heavy (non-hydrogen) atoms. The second-order valence-electron chi connectivity index (χ2n) is 18.9. The molecule has 2 heterocycles. The molecule has 0 spiro atoms. The van der Waals surface area contributed by atoms with Crippen molar-refractivity contribution in [3.05, 3.63) is 108 Å². The third-order valence-corrected chi connectivity index (χ3v) is 15.6. The summed E-state index contributed by atoms with van der Waals surface area (Å²) in [5.74, 6) is -7.32. The molecule has 23 heteroatoms. The van der Waals surface area contributed by atoms with Crippen LogP contribution in [0.2, 0.25) is 0 Å². The van der Waals surface area contributed by atoms with Crippen LogP contribution in [0.1, 0.15) is 63.8 Å². The molecule has 1 aliphatic rings. The average Bonchev–Trinajstić information content (AvgIpc) is 3.77. The molecule has 5 rings (SSSR count). The van der Waals surface area contributed by atoms with Crippen LogP contribution in [-0.2, 0) is 57.6 Å². The summed E-state index contributed by atoms with van der Waals surface area (Å²) in [7, 11) is 2.00. The zero-order chi connectivity index (χ0) is 54.1. The zero-order valence-electron chi connectivity index (χ0n) is 41.8. The lowest BCUT2D eigenvalue weighted by atomic mass is 9.99. The Balaban J connectivity index is 1.61. The second-order valence-corrected chi connectivity index (χ2v) is 21.9. The first-order chi connectivity index (χ1) is 35.2. The van der Waals surface area contributed by atoms with Crippen LogP contribution >= 0.6 is 21.6 Å². The van der Waals surface area contributed by atoms with E-state index in [0.29, 0.717) is 24.1 Å². The Morgan fingerprint density at radius 1 is 0.743 bits per heavy atom. The summed E-state index contributed by atoms with van der Waals surface area (Å²) in [6, 6.07) is 15.4. The number of hydrogen-bond acceptors (Lipinski definition) is 14. The van der Waals surface area contributed by atoms with Gasteiger partial charge in [-0.2, -0.15) is 0 Å². The van der Waals surface area contributed by atoms with E-state index in [0.717, 1.165) is 38.1 Å². The predicted molar refractivity (Wildman–Crippen MR) is 283 cm³/mol. The van der Waals surface area contributed by atoms with Crippen LogP contribution in [0.4, 0.5) is 0 Å². The molecule has 0 saturated carbocycles. The van der Waals surface area contributed by atoms with Crippen LogP contribution in [0.5, 0.6) is 0 Å². The van der Waals surface area contributed by atoms with Gasteiger partial charge in [0.25, 0.3) is 0 Å². The van der Waals surface area contributed by atoms with Crippen molar-refractivity contribution in [1.82, 2.24) is 42.2 Å². The normalized spacial score (nSPS) is 23.1. The summed E-state index contributed by atoms with van der Waals surface area (Å²) >= 11 is 0. The molecule has 16 N–H and O–H groups in total. The van der Waals surface area contributed by atoms with Gasteiger partial charge in [0.2, 0.25) is 47.3 Å². The highest BCUT2D eigenvalue weighted by atomic mass is 33.1. The maximum absolute atomic E-state index is 14.8. The van der Waals surface area contributed by atoms with Crippen LogP contribution in [0.15, 0.2) is 91.0 Å². The van der Waals surface area contributed by atoms with E-state index in [-0.39, 0.29) is 38.0 Å². The third kappa shape index (κ3) is 17.0. The van der Waals surface area contributed by atoms with Crippen molar-refractivity contribution in [1.29, 1.82) is 0 Å². The lowest BCUT2D eigenvalue weighted by molar-refractivity contribution is -0.137. The summed E-state index contributed by atoms with van der Waals surface area (Å²) in [6.45, 7) is 5.81. The van der Waals surface area contributed by atoms with Crippen molar-refractivity contribution in [2.24, 2.45) is 17.2 Å². The third-order valence-electron chi connectivity index (χ3n) is 12.3. The maximum atomic E-state index is 14.8. The molecule has 21 nitrogen and oxygen atoms in total. The van der Waals surface area contributed by atoms with Crippen molar-refractivity contribution in [3.63, 3.8) is 0 Å². The van der Waals surface area contributed by atoms with Crippen LogP contribution in [0.25, 0.3) is 10.9 Å². The number of fused-ring (bicyclic) bond motifs is 1. The highest BCUT2D eigenvalue weighted by molar-refractivity contribution is 8.77. The molecule has 0 aliphatic carbocycles. The van der Waals surface area contributed by atoms with Gasteiger partial charge in [0.15, 0.2) is 0 Å². The number of rotatable bonds is 17. The molecule has 10 atom stereocenters. The minimum absolute atomic E-state index is 0.00452. The number of hydrogen-bond donors (Lipinski definition) is 13. The largest absolute Gasteiger partial charge is 0.391 e. The Kier molecular flexibility index (Phi) is 21.9. The minimum atomic E-state index is -1.74. The summed E-state index contributed by atoms with van der Waals surface area (Å²) in [5, 5.41) is 40.8. The van der Waals surface area contributed by atoms with Crippen LogP contribution in [0, 0.1) is 0 Å². The van der Waals surface area contributed by atoms with E-state index in [1.165, 1.54) is 13.8 Å². The van der Waals surface area contributed by atoms with Crippen molar-refractivity contribution in [2.45, 2.75) is 132 Å². The Morgan fingerprint density at radius 2 is 1.32 bits per heavy atom. The summed E-state index contributed by atoms with van der Waals surface area (Å²) in [6.07, 6.45) is -2.35. The number of para-hydroxylation sites is 1. The molecule has 4 aromatic rings. The lowest BCUT2D eigenvalue weighted by Crippen LogP contribution is -2.65. The number of aromatic amines is 1. The van der Waals surface area contributed by atoms with E-state index in [1.54, 1.807) is 68.4 Å². The highest BCUT2D eigenvalue weighted by Gasteiger charge is 2.43. The van der Waals surface area contributed by atoms with E-state index in [9.17, 15) is 48.6 Å². The maximum Gasteiger partial charge on any atom is 0.245 e. The first-order valence-electron chi connectivity index (χ1n) is 24.4. The van der Waals surface area contributed by atoms with Gasteiger partial charge in [-0.3, -0.25) is 38.4 Å². The lowest BCUT2D eigenvalue weighted by Gasteiger charge is -2.36. The number of nitrogens with one attached hydrogen (secondary N) is 8. The van der Waals surface area contributed by atoms with Gasteiger partial charge in [-0.15, -0.1) is 0 Å². The monoisotopic (exact) mass is 1060 g/mol. The predicted octanol–water partition coefficient (Wildman–Crippen LogP) is -0.534. The summed E-state index contributed by atoms with van der Waals surface area (Å²) in [4.78, 5) is 117. The second kappa shape index (κ2) is 27.7. The Bertz CT molecular complexity index is 2540. The van der Waals surface area contributed by atoms with Crippen molar-refractivity contribution in [2.75, 3.05) is 12.3 Å². The average molecular weight is 1060 g/mol.